The minimum atomic E-state index is -0.883. The van der Waals surface area contributed by atoms with Crippen molar-refractivity contribution in [1.29, 1.82) is 0 Å². The maximum absolute atomic E-state index is 10.7. The van der Waals surface area contributed by atoms with Crippen LogP contribution < -0.4 is 0 Å². The molecule has 3 nitrogen and oxygen atoms in total. The first-order chi connectivity index (χ1) is 7.70. The van der Waals surface area contributed by atoms with Crippen LogP contribution >= 0.6 is 22.7 Å². The topological polar surface area (TPSA) is 50.2 Å². The van der Waals surface area contributed by atoms with Crippen LogP contribution in [0.3, 0.4) is 0 Å². The van der Waals surface area contributed by atoms with E-state index in [0.717, 1.165) is 28.4 Å². The van der Waals surface area contributed by atoms with Gasteiger partial charge in [-0.15, -0.1) is 22.7 Å². The zero-order valence-corrected chi connectivity index (χ0v) is 10.4. The summed E-state index contributed by atoms with van der Waals surface area (Å²) in [6.07, 6.45) is 2.07. The van der Waals surface area contributed by atoms with Gasteiger partial charge in [-0.1, -0.05) is 6.92 Å². The van der Waals surface area contributed by atoms with Crippen molar-refractivity contribution in [3.63, 3.8) is 0 Å². The van der Waals surface area contributed by atoms with Crippen molar-refractivity contribution in [2.75, 3.05) is 0 Å². The Bertz CT molecular complexity index is 502. The lowest BCUT2D eigenvalue weighted by molar-refractivity contribution is 0.0697. The summed E-state index contributed by atoms with van der Waals surface area (Å²) in [6, 6.07) is 1.68. The molecule has 5 heteroatoms. The Labute approximate surface area is 101 Å². The third kappa shape index (κ3) is 2.31. The monoisotopic (exact) mass is 253 g/mol. The van der Waals surface area contributed by atoms with Crippen LogP contribution in [0.5, 0.6) is 0 Å². The Morgan fingerprint density at radius 1 is 1.44 bits per heavy atom. The fourth-order valence-electron chi connectivity index (χ4n) is 1.34. The van der Waals surface area contributed by atoms with E-state index in [1.807, 2.05) is 5.38 Å². The van der Waals surface area contributed by atoms with Crippen LogP contribution in [0.4, 0.5) is 0 Å². The zero-order valence-electron chi connectivity index (χ0n) is 8.77. The molecular formula is C11H11NO2S2. The largest absolute Gasteiger partial charge is 0.478 e. The van der Waals surface area contributed by atoms with Gasteiger partial charge in [0, 0.05) is 10.8 Å². The van der Waals surface area contributed by atoms with Crippen LogP contribution in [-0.4, -0.2) is 16.1 Å². The summed E-state index contributed by atoms with van der Waals surface area (Å²) in [6.45, 7) is 2.12. The Morgan fingerprint density at radius 3 is 2.88 bits per heavy atom. The summed E-state index contributed by atoms with van der Waals surface area (Å²) in [5, 5.41) is 13.6. The van der Waals surface area contributed by atoms with Gasteiger partial charge < -0.3 is 5.11 Å². The number of rotatable bonds is 4. The predicted octanol–water partition coefficient (Wildman–Crippen LogP) is 3.52. The second kappa shape index (κ2) is 4.76. The van der Waals surface area contributed by atoms with Crippen molar-refractivity contribution in [2.24, 2.45) is 0 Å². The minimum Gasteiger partial charge on any atom is -0.478 e. The molecular weight excluding hydrogens is 242 g/mol. The molecule has 84 valence electrons. The molecule has 2 aromatic heterocycles. The van der Waals surface area contributed by atoms with Gasteiger partial charge in [-0.05, 0) is 18.9 Å². The summed E-state index contributed by atoms with van der Waals surface area (Å²) >= 11 is 3.06. The SMILES string of the molecule is CCCc1nc(-c2cc(C(=O)O)cs2)cs1. The van der Waals surface area contributed by atoms with Crippen LogP contribution in [0.2, 0.25) is 0 Å². The number of carboxylic acid groups (broad SMARTS) is 1. The van der Waals surface area contributed by atoms with Gasteiger partial charge in [0.25, 0.3) is 0 Å². The number of aromatic nitrogens is 1. The highest BCUT2D eigenvalue weighted by Gasteiger charge is 2.10. The van der Waals surface area contributed by atoms with E-state index in [1.54, 1.807) is 22.8 Å². The molecule has 2 rings (SSSR count). The molecule has 0 radical (unpaired) electrons. The molecule has 0 fully saturated rings. The van der Waals surface area contributed by atoms with E-state index in [4.69, 9.17) is 5.11 Å². The van der Waals surface area contributed by atoms with Crippen molar-refractivity contribution in [2.45, 2.75) is 19.8 Å². The van der Waals surface area contributed by atoms with Crippen LogP contribution in [0.15, 0.2) is 16.8 Å². The molecule has 0 bridgehead atoms. The second-order valence-corrected chi connectivity index (χ2v) is 5.24. The van der Waals surface area contributed by atoms with Crippen molar-refractivity contribution >= 4 is 28.6 Å². The molecule has 0 unspecified atom stereocenters. The van der Waals surface area contributed by atoms with E-state index in [1.165, 1.54) is 11.3 Å². The molecule has 0 amide bonds. The molecule has 2 heterocycles. The number of thiophene rings is 1. The maximum atomic E-state index is 10.7. The van der Waals surface area contributed by atoms with Crippen molar-refractivity contribution in [3.8, 4) is 10.6 Å². The van der Waals surface area contributed by atoms with Crippen LogP contribution in [0, 0.1) is 0 Å². The second-order valence-electron chi connectivity index (χ2n) is 3.38. The Balaban J connectivity index is 2.24. The first-order valence-corrected chi connectivity index (χ1v) is 6.73. The fourth-order valence-corrected chi connectivity index (χ4v) is 3.15. The highest BCUT2D eigenvalue weighted by atomic mass is 32.1. The number of thiazole rings is 1. The summed E-state index contributed by atoms with van der Waals surface area (Å²) < 4.78 is 0. The quantitative estimate of drug-likeness (QED) is 0.907. The Morgan fingerprint density at radius 2 is 2.25 bits per heavy atom. The molecule has 0 aliphatic carbocycles. The highest BCUT2D eigenvalue weighted by Crippen LogP contribution is 2.28. The number of carboxylic acids is 1. The van der Waals surface area contributed by atoms with E-state index in [2.05, 4.69) is 11.9 Å². The standard InChI is InChI=1S/C11H11NO2S2/c1-2-3-10-12-8(6-16-10)9-4-7(5-15-9)11(13)14/h4-6H,2-3H2,1H3,(H,13,14). The van der Waals surface area contributed by atoms with Gasteiger partial charge in [-0.2, -0.15) is 0 Å². The smallest absolute Gasteiger partial charge is 0.336 e. The highest BCUT2D eigenvalue weighted by molar-refractivity contribution is 7.14. The van der Waals surface area contributed by atoms with Gasteiger partial charge in [-0.25, -0.2) is 9.78 Å². The summed E-state index contributed by atoms with van der Waals surface area (Å²) in [7, 11) is 0. The lowest BCUT2D eigenvalue weighted by Crippen LogP contribution is -1.91. The van der Waals surface area contributed by atoms with Gasteiger partial charge in [0.1, 0.15) is 0 Å². The number of carbonyl (C=O) groups is 1. The summed E-state index contributed by atoms with van der Waals surface area (Å²) in [5.74, 6) is -0.883. The number of aromatic carboxylic acids is 1. The van der Waals surface area contributed by atoms with Crippen LogP contribution in [-0.2, 0) is 6.42 Å². The van der Waals surface area contributed by atoms with Gasteiger partial charge in [0.05, 0.1) is 21.1 Å². The summed E-state index contributed by atoms with van der Waals surface area (Å²) in [4.78, 5) is 16.1. The van der Waals surface area contributed by atoms with Crippen LogP contribution in [0.1, 0.15) is 28.7 Å². The lowest BCUT2D eigenvalue weighted by atomic mass is 10.3. The number of aryl methyl sites for hydroxylation is 1. The third-order valence-corrected chi connectivity index (χ3v) is 3.98. The first kappa shape index (κ1) is 11.3. The molecule has 1 N–H and O–H groups in total. The fraction of sp³-hybridized carbons (Fsp3) is 0.273. The molecule has 2 aromatic rings. The van der Waals surface area contributed by atoms with E-state index in [0.29, 0.717) is 5.56 Å². The number of hydrogen-bond acceptors (Lipinski definition) is 4. The molecule has 0 saturated carbocycles. The van der Waals surface area contributed by atoms with Gasteiger partial charge in [0.2, 0.25) is 0 Å². The predicted molar refractivity (Wildman–Crippen MR) is 66.4 cm³/mol. The van der Waals surface area contributed by atoms with E-state index in [-0.39, 0.29) is 0 Å². The van der Waals surface area contributed by atoms with E-state index < -0.39 is 5.97 Å². The Hall–Kier alpha value is -1.20. The van der Waals surface area contributed by atoms with Gasteiger partial charge >= 0.3 is 5.97 Å². The van der Waals surface area contributed by atoms with Crippen molar-refractivity contribution in [1.82, 2.24) is 4.98 Å². The maximum Gasteiger partial charge on any atom is 0.336 e. The normalized spacial score (nSPS) is 10.6. The van der Waals surface area contributed by atoms with Crippen molar-refractivity contribution < 1.29 is 9.90 Å². The Kier molecular flexibility index (Phi) is 3.36. The summed E-state index contributed by atoms with van der Waals surface area (Å²) in [5.41, 5.74) is 1.23. The van der Waals surface area contributed by atoms with Crippen LogP contribution in [0.25, 0.3) is 10.6 Å². The average molecular weight is 253 g/mol. The van der Waals surface area contributed by atoms with Crippen molar-refractivity contribution in [3.05, 3.63) is 27.4 Å². The molecule has 0 aromatic carbocycles. The molecule has 16 heavy (non-hydrogen) atoms. The molecule has 0 aliphatic heterocycles. The number of nitrogens with zero attached hydrogens (tertiary/aromatic N) is 1. The average Bonchev–Trinajstić information content (AvgIpc) is 2.84. The lowest BCUT2D eigenvalue weighted by Gasteiger charge is -1.89. The van der Waals surface area contributed by atoms with E-state index >= 15 is 0 Å². The molecule has 0 aliphatic rings. The van der Waals surface area contributed by atoms with Gasteiger partial charge in [-0.3, -0.25) is 0 Å². The first-order valence-electron chi connectivity index (χ1n) is 4.97. The van der Waals surface area contributed by atoms with E-state index in [9.17, 15) is 4.79 Å². The minimum absolute atomic E-state index is 0.338. The zero-order chi connectivity index (χ0) is 11.5. The molecule has 0 spiro atoms. The third-order valence-electron chi connectivity index (χ3n) is 2.11. The number of hydrogen-bond donors (Lipinski definition) is 1. The van der Waals surface area contributed by atoms with Gasteiger partial charge in [0.15, 0.2) is 0 Å². The molecule has 0 atom stereocenters. The molecule has 0 saturated heterocycles.